The van der Waals surface area contributed by atoms with Gasteiger partial charge in [0.15, 0.2) is 0 Å². The Morgan fingerprint density at radius 3 is 2.75 bits per heavy atom. The Labute approximate surface area is 118 Å². The highest BCUT2D eigenvalue weighted by Gasteiger charge is 2.34. The van der Waals surface area contributed by atoms with Gasteiger partial charge in [0.05, 0.1) is 6.54 Å². The molecule has 0 spiro atoms. The van der Waals surface area contributed by atoms with Crippen molar-refractivity contribution in [1.29, 1.82) is 5.41 Å². The van der Waals surface area contributed by atoms with Crippen molar-refractivity contribution in [2.75, 3.05) is 13.1 Å². The zero-order valence-corrected chi connectivity index (χ0v) is 11.9. The Hall–Kier alpha value is -1.91. The van der Waals surface area contributed by atoms with Crippen LogP contribution in [-0.2, 0) is 4.74 Å². The number of benzene rings is 1. The number of nitrogens with zero attached hydrogens (tertiary/aromatic N) is 1. The van der Waals surface area contributed by atoms with Crippen molar-refractivity contribution < 1.29 is 13.9 Å². The van der Waals surface area contributed by atoms with E-state index in [2.05, 4.69) is 0 Å². The van der Waals surface area contributed by atoms with E-state index in [9.17, 15) is 9.18 Å². The molecule has 0 saturated carbocycles. The minimum absolute atomic E-state index is 0.232. The van der Waals surface area contributed by atoms with Crippen LogP contribution in [-0.4, -0.2) is 35.4 Å². The maximum absolute atomic E-state index is 13.3. The molecule has 1 aliphatic rings. The van der Waals surface area contributed by atoms with E-state index in [1.165, 1.54) is 17.0 Å². The molecule has 1 N–H and O–H groups in total. The average molecular weight is 278 g/mol. The quantitative estimate of drug-likeness (QED) is 0.857. The van der Waals surface area contributed by atoms with E-state index in [0.717, 1.165) is 5.56 Å². The van der Waals surface area contributed by atoms with Gasteiger partial charge >= 0.3 is 6.09 Å². The number of carbonyl (C=O) groups excluding carboxylic acids is 1. The van der Waals surface area contributed by atoms with Crippen molar-refractivity contribution in [2.45, 2.75) is 32.3 Å². The van der Waals surface area contributed by atoms with Crippen LogP contribution < -0.4 is 0 Å². The molecule has 5 heteroatoms. The third kappa shape index (κ3) is 3.35. The average Bonchev–Trinajstić information content (AvgIpc) is 2.69. The molecule has 0 unspecified atom stereocenters. The molecule has 2 rings (SSSR count). The zero-order chi connectivity index (χ0) is 14.9. The van der Waals surface area contributed by atoms with Crippen molar-refractivity contribution in [2.24, 2.45) is 0 Å². The van der Waals surface area contributed by atoms with Gasteiger partial charge in [-0.05, 0) is 38.5 Å². The first-order valence-corrected chi connectivity index (χ1v) is 6.57. The number of carbonyl (C=O) groups is 1. The second-order valence-corrected chi connectivity index (χ2v) is 5.99. The van der Waals surface area contributed by atoms with E-state index in [1.807, 2.05) is 0 Å². The lowest BCUT2D eigenvalue weighted by Gasteiger charge is -2.24. The molecule has 20 heavy (non-hydrogen) atoms. The highest BCUT2D eigenvalue weighted by molar-refractivity contribution is 5.95. The van der Waals surface area contributed by atoms with Crippen LogP contribution in [0.5, 0.6) is 0 Å². The smallest absolute Gasteiger partial charge is 0.410 e. The Morgan fingerprint density at radius 1 is 1.45 bits per heavy atom. The minimum Gasteiger partial charge on any atom is -0.444 e. The van der Waals surface area contributed by atoms with Gasteiger partial charge in [-0.15, -0.1) is 0 Å². The molecule has 4 nitrogen and oxygen atoms in total. The molecular formula is C15H19FN2O2. The number of hydrogen-bond acceptors (Lipinski definition) is 3. The summed E-state index contributed by atoms with van der Waals surface area (Å²) >= 11 is 0. The lowest BCUT2D eigenvalue weighted by molar-refractivity contribution is 0.0298. The predicted octanol–water partition coefficient (Wildman–Crippen LogP) is 3.18. The number of nitrogens with one attached hydrogen (secondary N) is 1. The maximum atomic E-state index is 13.3. The van der Waals surface area contributed by atoms with Crippen LogP contribution in [0.25, 0.3) is 0 Å². The van der Waals surface area contributed by atoms with Crippen LogP contribution >= 0.6 is 0 Å². The first-order chi connectivity index (χ1) is 9.26. The van der Waals surface area contributed by atoms with Crippen LogP contribution in [0, 0.1) is 11.2 Å². The summed E-state index contributed by atoms with van der Waals surface area (Å²) in [5.74, 6) is -0.579. The van der Waals surface area contributed by atoms with Crippen LogP contribution in [0.3, 0.4) is 0 Å². The van der Waals surface area contributed by atoms with Crippen molar-refractivity contribution in [1.82, 2.24) is 4.90 Å². The molecular weight excluding hydrogens is 259 g/mol. The second-order valence-electron chi connectivity index (χ2n) is 5.99. The van der Waals surface area contributed by atoms with Crippen LogP contribution in [0.2, 0.25) is 0 Å². The van der Waals surface area contributed by atoms with Crippen LogP contribution in [0.1, 0.15) is 32.3 Å². The third-order valence-electron chi connectivity index (χ3n) is 3.09. The first kappa shape index (κ1) is 14.5. The fourth-order valence-electron chi connectivity index (χ4n) is 2.21. The van der Waals surface area contributed by atoms with Gasteiger partial charge in [-0.25, -0.2) is 9.18 Å². The molecule has 1 aromatic carbocycles. The summed E-state index contributed by atoms with van der Waals surface area (Å²) in [7, 11) is 0. The number of rotatable bonds is 1. The first-order valence-electron chi connectivity index (χ1n) is 6.57. The molecule has 1 aliphatic heterocycles. The Kier molecular flexibility index (Phi) is 3.79. The summed E-state index contributed by atoms with van der Waals surface area (Å²) in [6, 6.07) is 6.18. The zero-order valence-electron chi connectivity index (χ0n) is 11.9. The van der Waals surface area contributed by atoms with E-state index in [-0.39, 0.29) is 18.3 Å². The van der Waals surface area contributed by atoms with Gasteiger partial charge < -0.3 is 15.0 Å². The van der Waals surface area contributed by atoms with Gasteiger partial charge in [0.1, 0.15) is 11.4 Å². The molecule has 1 aromatic rings. The van der Waals surface area contributed by atoms with Gasteiger partial charge in [-0.2, -0.15) is 0 Å². The van der Waals surface area contributed by atoms with E-state index in [4.69, 9.17) is 10.1 Å². The third-order valence-corrected chi connectivity index (χ3v) is 3.09. The maximum Gasteiger partial charge on any atom is 0.410 e. The van der Waals surface area contributed by atoms with Crippen LogP contribution in [0.15, 0.2) is 24.3 Å². The SMILES string of the molecule is CC(C)(C)OC(=O)N1CC(=N)[C@@H](c2cccc(F)c2)C1. The molecule has 0 aliphatic carbocycles. The standard InChI is InChI=1S/C15H19FN2O2/c1-15(2,3)20-14(19)18-8-12(13(17)9-18)10-5-4-6-11(16)7-10/h4-7,12,17H,8-9H2,1-3H3/t12-/m1/s1. The number of halogens is 1. The summed E-state index contributed by atoms with van der Waals surface area (Å²) in [6.45, 7) is 6.00. The molecule has 1 amide bonds. The lowest BCUT2D eigenvalue weighted by atomic mass is 9.97. The molecule has 0 bridgehead atoms. The number of likely N-dealkylation sites (tertiary alicyclic amines) is 1. The number of hydrogen-bond donors (Lipinski definition) is 1. The van der Waals surface area contributed by atoms with E-state index in [0.29, 0.717) is 12.3 Å². The van der Waals surface area contributed by atoms with E-state index in [1.54, 1.807) is 32.9 Å². The molecule has 0 aromatic heterocycles. The van der Waals surface area contributed by atoms with Gasteiger partial charge in [0, 0.05) is 18.2 Å². The topological polar surface area (TPSA) is 53.4 Å². The minimum atomic E-state index is -0.559. The second kappa shape index (κ2) is 5.23. The fourth-order valence-corrected chi connectivity index (χ4v) is 2.21. The summed E-state index contributed by atoms with van der Waals surface area (Å²) in [5.41, 5.74) is 0.568. The van der Waals surface area contributed by atoms with Crippen molar-refractivity contribution in [3.63, 3.8) is 0 Å². The van der Waals surface area contributed by atoms with Gasteiger partial charge in [0.2, 0.25) is 0 Å². The number of ether oxygens (including phenoxy) is 1. The summed E-state index contributed by atoms with van der Waals surface area (Å²) < 4.78 is 18.5. The summed E-state index contributed by atoms with van der Waals surface area (Å²) in [6.07, 6.45) is -0.429. The van der Waals surface area contributed by atoms with Gasteiger partial charge in [-0.1, -0.05) is 12.1 Å². The van der Waals surface area contributed by atoms with Crippen molar-refractivity contribution in [3.05, 3.63) is 35.6 Å². The van der Waals surface area contributed by atoms with Gasteiger partial charge in [0.25, 0.3) is 0 Å². The van der Waals surface area contributed by atoms with Gasteiger partial charge in [-0.3, -0.25) is 0 Å². The van der Waals surface area contributed by atoms with Crippen molar-refractivity contribution in [3.8, 4) is 0 Å². The normalized spacial score (nSPS) is 19.3. The Bertz CT molecular complexity index is 537. The molecule has 1 fully saturated rings. The van der Waals surface area contributed by atoms with E-state index >= 15 is 0 Å². The molecule has 1 atom stereocenters. The Morgan fingerprint density at radius 2 is 2.15 bits per heavy atom. The lowest BCUT2D eigenvalue weighted by Crippen LogP contribution is -2.35. The molecule has 108 valence electrons. The van der Waals surface area contributed by atoms with E-state index < -0.39 is 11.7 Å². The summed E-state index contributed by atoms with van der Waals surface area (Å²) in [5, 5.41) is 8.00. The molecule has 1 heterocycles. The molecule has 0 radical (unpaired) electrons. The largest absolute Gasteiger partial charge is 0.444 e. The highest BCUT2D eigenvalue weighted by atomic mass is 19.1. The Balaban J connectivity index is 2.09. The molecule has 1 saturated heterocycles. The fraction of sp³-hybridized carbons (Fsp3) is 0.467. The van der Waals surface area contributed by atoms with Crippen molar-refractivity contribution >= 4 is 11.8 Å². The summed E-state index contributed by atoms with van der Waals surface area (Å²) in [4.78, 5) is 13.5. The highest BCUT2D eigenvalue weighted by Crippen LogP contribution is 2.26. The monoisotopic (exact) mass is 278 g/mol. The predicted molar refractivity (Wildman–Crippen MR) is 74.7 cm³/mol. The number of amides is 1. The van der Waals surface area contributed by atoms with Crippen LogP contribution in [0.4, 0.5) is 9.18 Å².